The first-order valence-electron chi connectivity index (χ1n) is 7.55. The van der Waals surface area contributed by atoms with E-state index in [1.165, 1.54) is 23.0 Å². The maximum Gasteiger partial charge on any atom is 0.416 e. The molecule has 1 N–H and O–H groups in total. The Bertz CT molecular complexity index is 966. The summed E-state index contributed by atoms with van der Waals surface area (Å²) in [6, 6.07) is 11.9. The summed E-state index contributed by atoms with van der Waals surface area (Å²) in [5.41, 5.74) is 0.761. The highest BCUT2D eigenvalue weighted by Crippen LogP contribution is 2.30. The first-order valence-corrected chi connectivity index (χ1v) is 8.35. The largest absolute Gasteiger partial charge is 0.416 e. The third-order valence-electron chi connectivity index (χ3n) is 3.79. The number of benzene rings is 2. The predicted molar refractivity (Wildman–Crippen MR) is 95.4 cm³/mol. The molecule has 0 atom stereocenters. The standard InChI is InChI=1S/C18H13BrF3N3O/c1-11-14(17(26)24-16-8-3-2-7-15(16)19)10-23-25(11)13-6-4-5-12(9-13)18(20,21)22/h2-10H,1H3,(H,24,26). The summed E-state index contributed by atoms with van der Waals surface area (Å²) in [7, 11) is 0. The summed E-state index contributed by atoms with van der Waals surface area (Å²) < 4.78 is 40.7. The second kappa shape index (κ2) is 6.95. The van der Waals surface area contributed by atoms with Crippen LogP contribution in [0.5, 0.6) is 0 Å². The van der Waals surface area contributed by atoms with Crippen molar-refractivity contribution in [1.29, 1.82) is 0 Å². The van der Waals surface area contributed by atoms with E-state index in [1.807, 2.05) is 6.07 Å². The predicted octanol–water partition coefficient (Wildman–Crippen LogP) is 5.21. The van der Waals surface area contributed by atoms with Crippen LogP contribution >= 0.6 is 15.9 Å². The van der Waals surface area contributed by atoms with Crippen LogP contribution in [0.15, 0.2) is 59.2 Å². The van der Waals surface area contributed by atoms with Gasteiger partial charge >= 0.3 is 6.18 Å². The number of para-hydroxylation sites is 1. The molecule has 0 saturated heterocycles. The van der Waals surface area contributed by atoms with Gasteiger partial charge in [0.05, 0.1) is 34.4 Å². The maximum atomic E-state index is 12.9. The number of halogens is 4. The third-order valence-corrected chi connectivity index (χ3v) is 4.49. The van der Waals surface area contributed by atoms with Gasteiger partial charge in [0.1, 0.15) is 0 Å². The van der Waals surface area contributed by atoms with Crippen LogP contribution in [0.25, 0.3) is 5.69 Å². The van der Waals surface area contributed by atoms with Crippen molar-refractivity contribution in [2.45, 2.75) is 13.1 Å². The van der Waals surface area contributed by atoms with Crippen LogP contribution in [0.1, 0.15) is 21.6 Å². The summed E-state index contributed by atoms with van der Waals surface area (Å²) in [5.74, 6) is -0.396. The molecule has 4 nitrogen and oxygen atoms in total. The molecular formula is C18H13BrF3N3O. The summed E-state index contributed by atoms with van der Waals surface area (Å²) in [6.07, 6.45) is -3.11. The van der Waals surface area contributed by atoms with Crippen molar-refractivity contribution < 1.29 is 18.0 Å². The first kappa shape index (κ1) is 18.2. The molecule has 0 aliphatic carbocycles. The van der Waals surface area contributed by atoms with Crippen LogP contribution in [0.2, 0.25) is 0 Å². The van der Waals surface area contributed by atoms with E-state index in [0.29, 0.717) is 11.4 Å². The molecule has 2 aromatic carbocycles. The third kappa shape index (κ3) is 3.65. The lowest BCUT2D eigenvalue weighted by Crippen LogP contribution is -2.13. The van der Waals surface area contributed by atoms with Gasteiger partial charge in [-0.25, -0.2) is 4.68 Å². The molecule has 3 rings (SSSR count). The summed E-state index contributed by atoms with van der Waals surface area (Å²) in [4.78, 5) is 12.5. The lowest BCUT2D eigenvalue weighted by Gasteiger charge is -2.10. The topological polar surface area (TPSA) is 46.9 Å². The Morgan fingerprint density at radius 1 is 1.15 bits per heavy atom. The molecule has 0 unspecified atom stereocenters. The van der Waals surface area contributed by atoms with E-state index in [4.69, 9.17) is 0 Å². The number of rotatable bonds is 3. The van der Waals surface area contributed by atoms with Crippen LogP contribution in [0, 0.1) is 6.92 Å². The number of anilines is 1. The number of nitrogens with one attached hydrogen (secondary N) is 1. The number of hydrogen-bond donors (Lipinski definition) is 1. The number of carbonyl (C=O) groups is 1. The fraction of sp³-hybridized carbons (Fsp3) is 0.111. The molecule has 1 amide bonds. The Morgan fingerprint density at radius 3 is 2.58 bits per heavy atom. The van der Waals surface area contributed by atoms with Crippen LogP contribution in [0.3, 0.4) is 0 Å². The average molecular weight is 424 g/mol. The zero-order valence-electron chi connectivity index (χ0n) is 13.5. The molecule has 0 aliphatic heterocycles. The molecule has 0 spiro atoms. The Morgan fingerprint density at radius 2 is 1.88 bits per heavy atom. The van der Waals surface area contributed by atoms with E-state index in [1.54, 1.807) is 25.1 Å². The monoisotopic (exact) mass is 423 g/mol. The highest BCUT2D eigenvalue weighted by atomic mass is 79.9. The Hall–Kier alpha value is -2.61. The Balaban J connectivity index is 1.91. The van der Waals surface area contributed by atoms with Crippen LogP contribution in [-0.2, 0) is 6.18 Å². The quantitative estimate of drug-likeness (QED) is 0.627. The summed E-state index contributed by atoms with van der Waals surface area (Å²) in [6.45, 7) is 1.63. The lowest BCUT2D eigenvalue weighted by molar-refractivity contribution is -0.137. The molecule has 0 fully saturated rings. The molecule has 1 heterocycles. The van der Waals surface area contributed by atoms with E-state index in [2.05, 4.69) is 26.3 Å². The van der Waals surface area contributed by atoms with Gasteiger partial charge in [0.2, 0.25) is 0 Å². The molecule has 0 saturated carbocycles. The minimum atomic E-state index is -4.45. The SMILES string of the molecule is Cc1c(C(=O)Nc2ccccc2Br)cnn1-c1cccc(C(F)(F)F)c1. The van der Waals surface area contributed by atoms with Gasteiger partial charge in [-0.15, -0.1) is 0 Å². The second-order valence-corrected chi connectivity index (χ2v) is 6.39. The van der Waals surface area contributed by atoms with E-state index in [9.17, 15) is 18.0 Å². The highest BCUT2D eigenvalue weighted by molar-refractivity contribution is 9.10. The molecule has 26 heavy (non-hydrogen) atoms. The minimum absolute atomic E-state index is 0.234. The number of alkyl halides is 3. The molecule has 0 bridgehead atoms. The number of amides is 1. The second-order valence-electron chi connectivity index (χ2n) is 5.54. The molecule has 1 aromatic heterocycles. The normalized spacial score (nSPS) is 11.4. The summed E-state index contributed by atoms with van der Waals surface area (Å²) in [5, 5.41) is 6.82. The van der Waals surface area contributed by atoms with Crippen molar-refractivity contribution in [3.8, 4) is 5.69 Å². The molecule has 134 valence electrons. The highest BCUT2D eigenvalue weighted by Gasteiger charge is 2.30. The zero-order valence-corrected chi connectivity index (χ0v) is 15.1. The van der Waals surface area contributed by atoms with Gasteiger partial charge in [0, 0.05) is 4.47 Å². The van der Waals surface area contributed by atoms with Crippen molar-refractivity contribution in [2.24, 2.45) is 0 Å². The molecule has 0 aliphatic rings. The van der Waals surface area contributed by atoms with Gasteiger partial charge in [-0.05, 0) is 53.2 Å². The van der Waals surface area contributed by atoms with Crippen LogP contribution < -0.4 is 5.32 Å². The lowest BCUT2D eigenvalue weighted by atomic mass is 10.2. The van der Waals surface area contributed by atoms with Crippen molar-refractivity contribution in [2.75, 3.05) is 5.32 Å². The Kier molecular flexibility index (Phi) is 4.86. The van der Waals surface area contributed by atoms with Gasteiger partial charge < -0.3 is 5.32 Å². The van der Waals surface area contributed by atoms with Gasteiger partial charge in [-0.1, -0.05) is 18.2 Å². The molecule has 0 radical (unpaired) electrons. The van der Waals surface area contributed by atoms with E-state index < -0.39 is 17.6 Å². The van der Waals surface area contributed by atoms with Crippen LogP contribution in [-0.4, -0.2) is 15.7 Å². The van der Waals surface area contributed by atoms with Crippen LogP contribution in [0.4, 0.5) is 18.9 Å². The summed E-state index contributed by atoms with van der Waals surface area (Å²) >= 11 is 3.34. The zero-order chi connectivity index (χ0) is 18.9. The molecular weight excluding hydrogens is 411 g/mol. The average Bonchev–Trinajstić information content (AvgIpc) is 2.98. The van der Waals surface area contributed by atoms with E-state index in [-0.39, 0.29) is 11.3 Å². The van der Waals surface area contributed by atoms with Crippen molar-refractivity contribution in [1.82, 2.24) is 9.78 Å². The van der Waals surface area contributed by atoms with E-state index in [0.717, 1.165) is 16.6 Å². The fourth-order valence-corrected chi connectivity index (χ4v) is 2.84. The number of carbonyl (C=O) groups excluding carboxylic acids is 1. The Labute approximate surface area is 155 Å². The van der Waals surface area contributed by atoms with Gasteiger partial charge in [0.15, 0.2) is 0 Å². The smallest absolute Gasteiger partial charge is 0.321 e. The first-order chi connectivity index (χ1) is 12.3. The van der Waals surface area contributed by atoms with Gasteiger partial charge in [-0.3, -0.25) is 4.79 Å². The number of hydrogen-bond acceptors (Lipinski definition) is 2. The van der Waals surface area contributed by atoms with Crippen molar-refractivity contribution >= 4 is 27.5 Å². The fourth-order valence-electron chi connectivity index (χ4n) is 2.46. The minimum Gasteiger partial charge on any atom is -0.321 e. The van der Waals surface area contributed by atoms with Crippen molar-refractivity contribution in [3.05, 3.63) is 76.0 Å². The van der Waals surface area contributed by atoms with Gasteiger partial charge in [-0.2, -0.15) is 18.3 Å². The molecule has 8 heteroatoms. The number of aromatic nitrogens is 2. The van der Waals surface area contributed by atoms with E-state index >= 15 is 0 Å². The number of nitrogens with zero attached hydrogens (tertiary/aromatic N) is 2. The van der Waals surface area contributed by atoms with Gasteiger partial charge in [0.25, 0.3) is 5.91 Å². The maximum absolute atomic E-state index is 12.9. The molecule has 3 aromatic rings. The van der Waals surface area contributed by atoms with Crippen molar-refractivity contribution in [3.63, 3.8) is 0 Å².